The fraction of sp³-hybridized carbons (Fsp3) is 0.379. The number of carboxylic acid groups (broad SMARTS) is 1. The lowest BCUT2D eigenvalue weighted by atomic mass is 10.0. The number of methoxy groups -OCH3 is 2. The number of sulfonamides is 1. The molecule has 1 amide bonds. The summed E-state index contributed by atoms with van der Waals surface area (Å²) in [6.45, 7) is 2.00. The van der Waals surface area contributed by atoms with E-state index >= 15 is 0 Å². The molecule has 3 rings (SSSR count). The van der Waals surface area contributed by atoms with Crippen LogP contribution < -0.4 is 5.32 Å². The van der Waals surface area contributed by atoms with Crippen LogP contribution >= 0.6 is 0 Å². The molecule has 2 N–H and O–H groups in total. The molecule has 2 atom stereocenters. The lowest BCUT2D eigenvalue weighted by molar-refractivity contribution is -0.158. The van der Waals surface area contributed by atoms with Crippen molar-refractivity contribution in [1.29, 1.82) is 0 Å². The molecule has 0 aromatic heterocycles. The van der Waals surface area contributed by atoms with Crippen LogP contribution in [-0.2, 0) is 45.1 Å². The minimum Gasteiger partial charge on any atom is -0.480 e. The van der Waals surface area contributed by atoms with E-state index in [-0.39, 0.29) is 30.7 Å². The Morgan fingerprint density at radius 2 is 1.63 bits per heavy atom. The number of rotatable bonds is 10. The molecule has 1 heterocycles. The highest BCUT2D eigenvalue weighted by Crippen LogP contribution is 2.26. The number of carbonyl (C=O) groups excluding carboxylic acids is 3. The summed E-state index contributed by atoms with van der Waals surface area (Å²) in [6.07, 6.45) is 0.609. The van der Waals surface area contributed by atoms with E-state index in [1.54, 1.807) is 36.4 Å². The fourth-order valence-electron chi connectivity index (χ4n) is 4.37. The number of hydrogen-bond donors (Lipinski definition) is 2. The predicted molar refractivity (Wildman–Crippen MR) is 147 cm³/mol. The average molecular weight is 585 g/mol. The summed E-state index contributed by atoms with van der Waals surface area (Å²) in [4.78, 5) is 48.7. The second kappa shape index (κ2) is 13.9. The lowest BCUT2D eigenvalue weighted by Gasteiger charge is -2.25. The van der Waals surface area contributed by atoms with Gasteiger partial charge in [0.05, 0.1) is 19.1 Å². The Bertz CT molecular complexity index is 1430. The van der Waals surface area contributed by atoms with E-state index in [0.717, 1.165) is 24.1 Å². The maximum Gasteiger partial charge on any atom is 0.326 e. The zero-order chi connectivity index (χ0) is 30.2. The van der Waals surface area contributed by atoms with Crippen LogP contribution in [0, 0.1) is 24.7 Å². The number of carbonyl (C=O) groups is 4. The largest absolute Gasteiger partial charge is 0.480 e. The smallest absolute Gasteiger partial charge is 0.326 e. The van der Waals surface area contributed by atoms with E-state index in [1.165, 1.54) is 12.1 Å². The van der Waals surface area contributed by atoms with Crippen molar-refractivity contribution in [3.05, 3.63) is 65.2 Å². The quantitative estimate of drug-likeness (QED) is 0.241. The van der Waals surface area contributed by atoms with Crippen LogP contribution in [0.25, 0.3) is 0 Å². The van der Waals surface area contributed by atoms with E-state index in [4.69, 9.17) is 0 Å². The molecular weight excluding hydrogens is 552 g/mol. The molecule has 1 aliphatic heterocycles. The Kier molecular flexibility index (Phi) is 10.6. The summed E-state index contributed by atoms with van der Waals surface area (Å²) in [5.41, 5.74) is 2.05. The number of aryl methyl sites for hydroxylation is 1. The van der Waals surface area contributed by atoms with Crippen LogP contribution in [0.4, 0.5) is 0 Å². The number of nitrogens with one attached hydrogen (secondary N) is 1. The van der Waals surface area contributed by atoms with Crippen molar-refractivity contribution >= 4 is 33.8 Å². The first-order chi connectivity index (χ1) is 19.5. The summed E-state index contributed by atoms with van der Waals surface area (Å²) in [5, 5.41) is 12.3. The van der Waals surface area contributed by atoms with Gasteiger partial charge in [0.15, 0.2) is 5.92 Å². The Morgan fingerprint density at radius 3 is 2.20 bits per heavy atom. The molecule has 1 saturated heterocycles. The molecule has 0 radical (unpaired) electrons. The van der Waals surface area contributed by atoms with Crippen LogP contribution in [0.1, 0.15) is 36.0 Å². The lowest BCUT2D eigenvalue weighted by Crippen LogP contribution is -2.51. The number of ether oxygens (including phenoxy) is 2. The third-order valence-corrected chi connectivity index (χ3v) is 8.57. The number of benzene rings is 2. The molecule has 1 fully saturated rings. The molecule has 0 bridgehead atoms. The van der Waals surface area contributed by atoms with E-state index in [0.29, 0.717) is 17.5 Å². The van der Waals surface area contributed by atoms with Crippen LogP contribution in [0.5, 0.6) is 0 Å². The van der Waals surface area contributed by atoms with E-state index in [1.807, 2.05) is 6.92 Å². The monoisotopic (exact) mass is 584 g/mol. The molecule has 41 heavy (non-hydrogen) atoms. The van der Waals surface area contributed by atoms with Gasteiger partial charge in [0.2, 0.25) is 15.9 Å². The summed E-state index contributed by atoms with van der Waals surface area (Å²) < 4.78 is 36.7. The highest BCUT2D eigenvalue weighted by molar-refractivity contribution is 7.89. The minimum atomic E-state index is -3.93. The van der Waals surface area contributed by atoms with Gasteiger partial charge in [0, 0.05) is 24.9 Å². The van der Waals surface area contributed by atoms with E-state index in [9.17, 15) is 32.7 Å². The molecule has 11 nitrogen and oxygen atoms in total. The standard InChI is InChI=1S/C29H32N2O9S/c1-19-9-15-22(16-10-19)41(37,38)31-17-5-8-25(31)26(32)30-24(27(33)34)18-21-13-11-20(12-14-21)6-4-7-23(28(35)39-2)29(36)40-3/h9-16,23-25H,5,7-8,17-18H2,1-3H3,(H,30,32)(H,33,34)/t24-,25-/m0/s1. The Morgan fingerprint density at radius 1 is 1.02 bits per heavy atom. The summed E-state index contributed by atoms with van der Waals surface area (Å²) in [7, 11) is -1.61. The normalized spacial score (nSPS) is 15.9. The van der Waals surface area contributed by atoms with Gasteiger partial charge in [-0.15, -0.1) is 0 Å². The van der Waals surface area contributed by atoms with Gasteiger partial charge in [-0.25, -0.2) is 13.2 Å². The maximum absolute atomic E-state index is 13.2. The molecule has 0 unspecified atom stereocenters. The second-order valence-electron chi connectivity index (χ2n) is 9.49. The summed E-state index contributed by atoms with van der Waals surface area (Å²) in [6, 6.07) is 10.6. The fourth-order valence-corrected chi connectivity index (χ4v) is 6.02. The Labute approximate surface area is 238 Å². The van der Waals surface area contributed by atoms with Gasteiger partial charge in [-0.1, -0.05) is 41.7 Å². The van der Waals surface area contributed by atoms with Crippen LogP contribution in [0.15, 0.2) is 53.4 Å². The molecule has 12 heteroatoms. The first-order valence-corrected chi connectivity index (χ1v) is 14.3. The van der Waals surface area contributed by atoms with Crippen molar-refractivity contribution in [1.82, 2.24) is 9.62 Å². The summed E-state index contributed by atoms with van der Waals surface area (Å²) >= 11 is 0. The minimum absolute atomic E-state index is 0.0427. The van der Waals surface area contributed by atoms with Gasteiger partial charge in [0.25, 0.3) is 0 Å². The van der Waals surface area contributed by atoms with Gasteiger partial charge in [-0.2, -0.15) is 4.31 Å². The summed E-state index contributed by atoms with van der Waals surface area (Å²) in [5.74, 6) is 0.969. The maximum atomic E-state index is 13.2. The van der Waals surface area contributed by atoms with Crippen molar-refractivity contribution in [3.63, 3.8) is 0 Å². The number of esters is 2. The van der Waals surface area contributed by atoms with Gasteiger partial charge in [0.1, 0.15) is 12.1 Å². The zero-order valence-corrected chi connectivity index (χ0v) is 23.8. The highest BCUT2D eigenvalue weighted by atomic mass is 32.2. The van der Waals surface area contributed by atoms with Crippen LogP contribution in [-0.4, -0.2) is 74.5 Å². The van der Waals surface area contributed by atoms with Crippen molar-refractivity contribution < 1.29 is 42.2 Å². The number of amides is 1. The molecule has 2 aromatic rings. The molecule has 218 valence electrons. The molecule has 0 spiro atoms. The predicted octanol–water partition coefficient (Wildman–Crippen LogP) is 1.66. The third-order valence-electron chi connectivity index (χ3n) is 6.65. The van der Waals surface area contributed by atoms with Crippen molar-refractivity contribution in [3.8, 4) is 11.8 Å². The van der Waals surface area contributed by atoms with Gasteiger partial charge >= 0.3 is 17.9 Å². The van der Waals surface area contributed by atoms with Gasteiger partial charge in [-0.05, 0) is 49.6 Å². The van der Waals surface area contributed by atoms with E-state index in [2.05, 4.69) is 26.6 Å². The molecule has 2 aromatic carbocycles. The zero-order valence-electron chi connectivity index (χ0n) is 23.0. The first-order valence-electron chi connectivity index (χ1n) is 12.8. The van der Waals surface area contributed by atoms with Gasteiger partial charge in [-0.3, -0.25) is 14.4 Å². The Hall–Kier alpha value is -4.21. The number of carboxylic acids is 1. The van der Waals surface area contributed by atoms with E-state index < -0.39 is 51.8 Å². The number of hydrogen-bond acceptors (Lipinski definition) is 8. The number of nitrogens with zero attached hydrogens (tertiary/aromatic N) is 1. The van der Waals surface area contributed by atoms with Crippen molar-refractivity contribution in [2.45, 2.75) is 49.6 Å². The highest BCUT2D eigenvalue weighted by Gasteiger charge is 2.40. The SMILES string of the molecule is COC(=O)C(CC#Cc1ccc(C[C@H](NC(=O)[C@@H]2CCCN2S(=O)(=O)c2ccc(C)cc2)C(=O)O)cc1)C(=O)OC. The van der Waals surface area contributed by atoms with Gasteiger partial charge < -0.3 is 19.9 Å². The second-order valence-corrected chi connectivity index (χ2v) is 11.4. The third kappa shape index (κ3) is 7.93. The van der Waals surface area contributed by atoms with Crippen LogP contribution in [0.2, 0.25) is 0 Å². The Balaban J connectivity index is 1.66. The molecule has 0 saturated carbocycles. The molecule has 1 aliphatic rings. The molecular formula is C29H32N2O9S. The van der Waals surface area contributed by atoms with Crippen LogP contribution in [0.3, 0.4) is 0 Å². The molecule has 0 aliphatic carbocycles. The number of aliphatic carboxylic acids is 1. The van der Waals surface area contributed by atoms with Crippen molar-refractivity contribution in [2.24, 2.45) is 5.92 Å². The first kappa shape index (κ1) is 31.3. The topological polar surface area (TPSA) is 156 Å². The van der Waals surface area contributed by atoms with Crippen molar-refractivity contribution in [2.75, 3.05) is 20.8 Å². The average Bonchev–Trinajstić information content (AvgIpc) is 3.46.